The van der Waals surface area contributed by atoms with Crippen molar-refractivity contribution in [2.75, 3.05) is 26.7 Å². The molecule has 7 heteroatoms. The Hall–Kier alpha value is -2.12. The average molecular weight is 331 g/mol. The van der Waals surface area contributed by atoms with Gasteiger partial charge in [-0.1, -0.05) is 0 Å². The number of morpholine rings is 1. The number of aryl methyl sites for hydroxylation is 2. The molecule has 1 aliphatic heterocycles. The number of aromatic nitrogens is 2. The molecule has 0 aromatic carbocycles. The van der Waals surface area contributed by atoms with Crippen LogP contribution in [0.25, 0.3) is 11.3 Å². The van der Waals surface area contributed by atoms with Crippen molar-refractivity contribution in [3.8, 4) is 11.3 Å². The van der Waals surface area contributed by atoms with Gasteiger partial charge in [0, 0.05) is 36.8 Å². The van der Waals surface area contributed by atoms with Crippen molar-refractivity contribution >= 4 is 5.97 Å². The van der Waals surface area contributed by atoms with Crippen molar-refractivity contribution in [3.05, 3.63) is 28.8 Å². The maximum atomic E-state index is 11.3. The number of hydrogen-bond acceptors (Lipinski definition) is 5. The van der Waals surface area contributed by atoms with Crippen molar-refractivity contribution in [1.82, 2.24) is 14.7 Å². The number of likely N-dealkylation sites (N-methyl/N-ethyl adjacent to an activating group) is 1. The summed E-state index contributed by atoms with van der Waals surface area (Å²) in [5, 5.41) is 14.0. The number of nitrogens with zero attached hydrogens (tertiary/aromatic N) is 3. The monoisotopic (exact) mass is 331 g/mol. The van der Waals surface area contributed by atoms with Gasteiger partial charge in [0.2, 0.25) is 5.76 Å². The van der Waals surface area contributed by atoms with Gasteiger partial charge in [0.05, 0.1) is 24.9 Å². The maximum Gasteiger partial charge on any atom is 0.372 e. The van der Waals surface area contributed by atoms with E-state index in [-0.39, 0.29) is 11.9 Å². The van der Waals surface area contributed by atoms with E-state index < -0.39 is 5.97 Å². The van der Waals surface area contributed by atoms with Gasteiger partial charge in [-0.3, -0.25) is 4.68 Å². The summed E-state index contributed by atoms with van der Waals surface area (Å²) in [4.78, 5) is 13.6. The molecule has 3 heterocycles. The Labute approximate surface area is 139 Å². The molecule has 4 rings (SSSR count). The number of carboxylic acids is 1. The molecule has 0 amide bonds. The van der Waals surface area contributed by atoms with Crippen LogP contribution >= 0.6 is 0 Å². The molecule has 0 bridgehead atoms. The van der Waals surface area contributed by atoms with E-state index in [1.54, 1.807) is 6.92 Å². The van der Waals surface area contributed by atoms with Crippen molar-refractivity contribution in [2.45, 2.75) is 32.4 Å². The second-order valence-electron chi connectivity index (χ2n) is 6.64. The van der Waals surface area contributed by atoms with E-state index in [1.807, 2.05) is 4.68 Å². The van der Waals surface area contributed by atoms with Gasteiger partial charge in [-0.25, -0.2) is 4.79 Å². The van der Waals surface area contributed by atoms with E-state index in [9.17, 15) is 9.90 Å². The summed E-state index contributed by atoms with van der Waals surface area (Å²) in [7, 11) is 2.10. The minimum atomic E-state index is -1.03. The van der Waals surface area contributed by atoms with Crippen LogP contribution in [0.3, 0.4) is 0 Å². The van der Waals surface area contributed by atoms with Gasteiger partial charge in [-0.2, -0.15) is 5.10 Å². The maximum absolute atomic E-state index is 11.3. The van der Waals surface area contributed by atoms with Crippen LogP contribution in [0.15, 0.2) is 10.6 Å². The molecule has 1 saturated heterocycles. The number of aromatic carboxylic acids is 1. The molecule has 128 valence electrons. The molecule has 1 fully saturated rings. The van der Waals surface area contributed by atoms with E-state index in [1.165, 1.54) is 0 Å². The lowest BCUT2D eigenvalue weighted by Gasteiger charge is -2.29. The zero-order chi connectivity index (χ0) is 16.8. The molecular formula is C17H21N3O4. The Balaban J connectivity index is 1.64. The smallest absolute Gasteiger partial charge is 0.372 e. The number of furan rings is 1. The molecule has 2 aromatic rings. The highest BCUT2D eigenvalue weighted by Crippen LogP contribution is 2.38. The highest BCUT2D eigenvalue weighted by molar-refractivity contribution is 5.90. The highest BCUT2D eigenvalue weighted by atomic mass is 16.5. The SMILES string of the molecule is Cc1c(C(=O)O)oc2c1-c1nn(CC3CN(C)CCO3)cc1CC2. The Morgan fingerprint density at radius 3 is 3.04 bits per heavy atom. The largest absolute Gasteiger partial charge is 0.475 e. The van der Waals surface area contributed by atoms with Crippen LogP contribution in [0.1, 0.15) is 27.4 Å². The minimum Gasteiger partial charge on any atom is -0.475 e. The van der Waals surface area contributed by atoms with Crippen LogP contribution in [0, 0.1) is 6.92 Å². The van der Waals surface area contributed by atoms with Crippen LogP contribution in [0.2, 0.25) is 0 Å². The van der Waals surface area contributed by atoms with Gasteiger partial charge in [0.15, 0.2) is 0 Å². The first-order valence-electron chi connectivity index (χ1n) is 8.25. The Bertz CT molecular complexity index is 792. The predicted octanol–water partition coefficient (Wildman–Crippen LogP) is 1.58. The zero-order valence-corrected chi connectivity index (χ0v) is 13.9. The Morgan fingerprint density at radius 2 is 2.29 bits per heavy atom. The van der Waals surface area contributed by atoms with Gasteiger partial charge in [-0.05, 0) is 26.0 Å². The number of carbonyl (C=O) groups is 1. The fraction of sp³-hybridized carbons (Fsp3) is 0.529. The molecular weight excluding hydrogens is 310 g/mol. The third kappa shape index (κ3) is 2.53. The van der Waals surface area contributed by atoms with E-state index in [0.29, 0.717) is 18.5 Å². The molecule has 24 heavy (non-hydrogen) atoms. The fourth-order valence-electron chi connectivity index (χ4n) is 3.65. The number of hydrogen-bond donors (Lipinski definition) is 1. The number of ether oxygens (including phenoxy) is 1. The molecule has 0 radical (unpaired) electrons. The number of rotatable bonds is 3. The number of fused-ring (bicyclic) bond motifs is 3. The summed E-state index contributed by atoms with van der Waals surface area (Å²) >= 11 is 0. The van der Waals surface area contributed by atoms with Crippen LogP contribution in [0.4, 0.5) is 0 Å². The van der Waals surface area contributed by atoms with Crippen LogP contribution in [0.5, 0.6) is 0 Å². The van der Waals surface area contributed by atoms with Gasteiger partial charge in [0.25, 0.3) is 0 Å². The summed E-state index contributed by atoms with van der Waals surface area (Å²) in [6, 6.07) is 0. The lowest BCUT2D eigenvalue weighted by atomic mass is 9.94. The lowest BCUT2D eigenvalue weighted by molar-refractivity contribution is -0.0290. The topological polar surface area (TPSA) is 80.7 Å². The van der Waals surface area contributed by atoms with Gasteiger partial charge < -0.3 is 19.2 Å². The zero-order valence-electron chi connectivity index (χ0n) is 13.9. The third-order valence-corrected chi connectivity index (χ3v) is 4.84. The molecule has 1 unspecified atom stereocenters. The predicted molar refractivity (Wildman–Crippen MR) is 86.3 cm³/mol. The molecule has 7 nitrogen and oxygen atoms in total. The molecule has 1 N–H and O–H groups in total. The molecule has 1 aliphatic carbocycles. The van der Waals surface area contributed by atoms with E-state index in [0.717, 1.165) is 48.7 Å². The van der Waals surface area contributed by atoms with Gasteiger partial charge in [-0.15, -0.1) is 0 Å². The molecule has 2 aliphatic rings. The van der Waals surface area contributed by atoms with E-state index >= 15 is 0 Å². The molecule has 0 saturated carbocycles. The Morgan fingerprint density at radius 1 is 1.46 bits per heavy atom. The molecule has 1 atom stereocenters. The van der Waals surface area contributed by atoms with Crippen LogP contribution in [-0.4, -0.2) is 58.6 Å². The molecule has 0 spiro atoms. The van der Waals surface area contributed by atoms with Crippen LogP contribution < -0.4 is 0 Å². The quantitative estimate of drug-likeness (QED) is 0.920. The summed E-state index contributed by atoms with van der Waals surface area (Å²) in [6.45, 7) is 5.09. The molecule has 2 aromatic heterocycles. The Kier molecular flexibility index (Phi) is 3.69. The summed E-state index contributed by atoms with van der Waals surface area (Å²) in [6.07, 6.45) is 3.72. The lowest BCUT2D eigenvalue weighted by Crippen LogP contribution is -2.42. The first-order valence-corrected chi connectivity index (χ1v) is 8.25. The third-order valence-electron chi connectivity index (χ3n) is 4.84. The first kappa shape index (κ1) is 15.4. The number of carboxylic acid groups (broad SMARTS) is 1. The van der Waals surface area contributed by atoms with Crippen molar-refractivity contribution in [1.29, 1.82) is 0 Å². The van der Waals surface area contributed by atoms with Gasteiger partial charge in [0.1, 0.15) is 5.76 Å². The summed E-state index contributed by atoms with van der Waals surface area (Å²) < 4.78 is 13.3. The summed E-state index contributed by atoms with van der Waals surface area (Å²) in [5.41, 5.74) is 3.52. The summed E-state index contributed by atoms with van der Waals surface area (Å²) in [5.74, 6) is -0.266. The minimum absolute atomic E-state index is 0.0274. The fourth-order valence-corrected chi connectivity index (χ4v) is 3.65. The first-order chi connectivity index (χ1) is 11.5. The van der Waals surface area contributed by atoms with E-state index in [4.69, 9.17) is 14.3 Å². The second kappa shape index (κ2) is 5.75. The average Bonchev–Trinajstić information content (AvgIpc) is 3.07. The van der Waals surface area contributed by atoms with Crippen LogP contribution in [-0.2, 0) is 24.1 Å². The van der Waals surface area contributed by atoms with Crippen molar-refractivity contribution in [2.24, 2.45) is 0 Å². The van der Waals surface area contributed by atoms with E-state index in [2.05, 4.69) is 18.1 Å². The van der Waals surface area contributed by atoms with Gasteiger partial charge >= 0.3 is 5.97 Å². The van der Waals surface area contributed by atoms with Crippen molar-refractivity contribution in [3.63, 3.8) is 0 Å². The van der Waals surface area contributed by atoms with Crippen molar-refractivity contribution < 1.29 is 19.1 Å². The normalized spacial score (nSPS) is 20.7. The highest BCUT2D eigenvalue weighted by Gasteiger charge is 2.30. The standard InChI is InChI=1S/C17H21N3O4/c1-10-14-13(24-16(10)17(21)22)4-3-11-7-20(18-15(11)14)9-12-8-19(2)5-6-23-12/h7,12H,3-6,8-9H2,1-2H3,(H,21,22). The second-order valence-corrected chi connectivity index (χ2v) is 6.64.